The van der Waals surface area contributed by atoms with Crippen molar-refractivity contribution in [2.75, 3.05) is 19.0 Å². The van der Waals surface area contributed by atoms with Crippen molar-refractivity contribution in [2.45, 2.75) is 46.0 Å². The van der Waals surface area contributed by atoms with Gasteiger partial charge in [-0.3, -0.25) is 9.59 Å². The molecule has 1 saturated carbocycles. The fourth-order valence-electron chi connectivity index (χ4n) is 3.17. The molecule has 1 aromatic carbocycles. The van der Waals surface area contributed by atoms with Crippen molar-refractivity contribution in [3.63, 3.8) is 0 Å². The summed E-state index contributed by atoms with van der Waals surface area (Å²) in [6.07, 6.45) is 3.90. The van der Waals surface area contributed by atoms with Gasteiger partial charge in [0.2, 0.25) is 11.8 Å². The summed E-state index contributed by atoms with van der Waals surface area (Å²) < 4.78 is 5.30. The number of ether oxygens (including phenoxy) is 1. The first-order valence-electron chi connectivity index (χ1n) is 8.89. The quantitative estimate of drug-likeness (QED) is 0.801. The molecule has 1 fully saturated rings. The van der Waals surface area contributed by atoms with Gasteiger partial charge in [0, 0.05) is 29.5 Å². The Kier molecular flexibility index (Phi) is 7.12. The fourth-order valence-corrected chi connectivity index (χ4v) is 3.33. The van der Waals surface area contributed by atoms with E-state index in [0.29, 0.717) is 16.5 Å². The SMILES string of the molecule is CCCNC(=O)C1CCC(C(=O)Nc2cc(C)c(Cl)cc2OC)CC1. The third kappa shape index (κ3) is 5.11. The standard InChI is InChI=1S/C19H27ClN2O3/c1-4-9-21-18(23)13-5-7-14(8-6-13)19(24)22-16-10-12(2)15(20)11-17(16)25-3/h10-11,13-14H,4-9H2,1-3H3,(H,21,23)(H,22,24). The maximum Gasteiger partial charge on any atom is 0.227 e. The van der Waals surface area contributed by atoms with Crippen molar-refractivity contribution in [3.8, 4) is 5.75 Å². The summed E-state index contributed by atoms with van der Waals surface area (Å²) in [6, 6.07) is 3.53. The molecule has 0 bridgehead atoms. The van der Waals surface area contributed by atoms with Crippen LogP contribution in [0.25, 0.3) is 0 Å². The van der Waals surface area contributed by atoms with Gasteiger partial charge in [-0.25, -0.2) is 0 Å². The monoisotopic (exact) mass is 366 g/mol. The zero-order valence-corrected chi connectivity index (χ0v) is 15.9. The lowest BCUT2D eigenvalue weighted by atomic mass is 9.81. The van der Waals surface area contributed by atoms with E-state index in [1.165, 1.54) is 0 Å². The minimum Gasteiger partial charge on any atom is -0.495 e. The predicted octanol–water partition coefficient (Wildman–Crippen LogP) is 3.93. The van der Waals surface area contributed by atoms with Crippen LogP contribution in [0.4, 0.5) is 5.69 Å². The molecule has 0 spiro atoms. The van der Waals surface area contributed by atoms with Crippen LogP contribution in [-0.4, -0.2) is 25.5 Å². The third-order valence-corrected chi connectivity index (χ3v) is 5.16. The topological polar surface area (TPSA) is 67.4 Å². The number of carbonyl (C=O) groups is 2. The Morgan fingerprint density at radius 2 is 1.76 bits per heavy atom. The third-order valence-electron chi connectivity index (χ3n) is 4.76. The average Bonchev–Trinajstić information content (AvgIpc) is 2.62. The van der Waals surface area contributed by atoms with E-state index in [2.05, 4.69) is 10.6 Å². The number of rotatable bonds is 6. The fraction of sp³-hybridized carbons (Fsp3) is 0.579. The van der Waals surface area contributed by atoms with Gasteiger partial charge in [-0.05, 0) is 50.7 Å². The van der Waals surface area contributed by atoms with Crippen LogP contribution in [0.1, 0.15) is 44.6 Å². The van der Waals surface area contributed by atoms with Crippen molar-refractivity contribution in [1.29, 1.82) is 0 Å². The molecular weight excluding hydrogens is 340 g/mol. The van der Waals surface area contributed by atoms with Crippen LogP contribution in [0, 0.1) is 18.8 Å². The number of hydrogen-bond donors (Lipinski definition) is 2. The van der Waals surface area contributed by atoms with Crippen LogP contribution in [0.15, 0.2) is 12.1 Å². The van der Waals surface area contributed by atoms with Gasteiger partial charge < -0.3 is 15.4 Å². The Morgan fingerprint density at radius 3 is 2.32 bits per heavy atom. The predicted molar refractivity (Wildman–Crippen MR) is 100 cm³/mol. The molecule has 0 atom stereocenters. The van der Waals surface area contributed by atoms with Crippen LogP contribution >= 0.6 is 11.6 Å². The maximum atomic E-state index is 12.6. The van der Waals surface area contributed by atoms with Crippen molar-refractivity contribution >= 4 is 29.1 Å². The molecule has 5 nitrogen and oxygen atoms in total. The minimum absolute atomic E-state index is 0.0209. The summed E-state index contributed by atoms with van der Waals surface area (Å²) in [4.78, 5) is 24.6. The van der Waals surface area contributed by atoms with Gasteiger partial charge >= 0.3 is 0 Å². The summed E-state index contributed by atoms with van der Waals surface area (Å²) >= 11 is 6.10. The minimum atomic E-state index is -0.0732. The van der Waals surface area contributed by atoms with Gasteiger partial charge in [0.25, 0.3) is 0 Å². The number of anilines is 1. The van der Waals surface area contributed by atoms with Crippen LogP contribution < -0.4 is 15.4 Å². The molecule has 1 aromatic rings. The van der Waals surface area contributed by atoms with Gasteiger partial charge in [-0.2, -0.15) is 0 Å². The summed E-state index contributed by atoms with van der Waals surface area (Å²) in [6.45, 7) is 4.64. The molecule has 1 aliphatic rings. The summed E-state index contributed by atoms with van der Waals surface area (Å²) in [7, 11) is 1.55. The molecule has 2 N–H and O–H groups in total. The first-order valence-corrected chi connectivity index (χ1v) is 9.26. The molecule has 0 radical (unpaired) electrons. The van der Waals surface area contributed by atoms with Crippen LogP contribution in [0.3, 0.4) is 0 Å². The molecule has 0 unspecified atom stereocenters. The summed E-state index contributed by atoms with van der Waals surface area (Å²) in [5.41, 5.74) is 1.52. The largest absolute Gasteiger partial charge is 0.495 e. The number of aryl methyl sites for hydroxylation is 1. The molecule has 6 heteroatoms. The highest BCUT2D eigenvalue weighted by Gasteiger charge is 2.30. The number of methoxy groups -OCH3 is 1. The number of hydrogen-bond acceptors (Lipinski definition) is 3. The van der Waals surface area contributed by atoms with E-state index in [4.69, 9.17) is 16.3 Å². The first-order chi connectivity index (χ1) is 12.0. The number of amides is 2. The van der Waals surface area contributed by atoms with Gasteiger partial charge in [-0.15, -0.1) is 0 Å². The van der Waals surface area contributed by atoms with Crippen molar-refractivity contribution in [3.05, 3.63) is 22.7 Å². The van der Waals surface area contributed by atoms with Gasteiger partial charge in [0.05, 0.1) is 12.8 Å². The molecule has 0 saturated heterocycles. The first kappa shape index (κ1) is 19.6. The molecule has 2 rings (SSSR count). The lowest BCUT2D eigenvalue weighted by molar-refractivity contribution is -0.128. The molecule has 25 heavy (non-hydrogen) atoms. The molecule has 0 aromatic heterocycles. The Morgan fingerprint density at radius 1 is 1.16 bits per heavy atom. The van der Waals surface area contributed by atoms with E-state index in [1.807, 2.05) is 19.9 Å². The lowest BCUT2D eigenvalue weighted by Crippen LogP contribution is -2.35. The van der Waals surface area contributed by atoms with Crippen molar-refractivity contribution in [1.82, 2.24) is 5.32 Å². The maximum absolute atomic E-state index is 12.6. The van der Waals surface area contributed by atoms with E-state index in [-0.39, 0.29) is 23.7 Å². The Balaban J connectivity index is 1.93. The second kappa shape index (κ2) is 9.09. The van der Waals surface area contributed by atoms with Gasteiger partial charge in [0.15, 0.2) is 0 Å². The number of nitrogens with one attached hydrogen (secondary N) is 2. The van der Waals surface area contributed by atoms with E-state index >= 15 is 0 Å². The molecule has 1 aliphatic carbocycles. The van der Waals surface area contributed by atoms with Crippen molar-refractivity contribution < 1.29 is 14.3 Å². The zero-order valence-electron chi connectivity index (χ0n) is 15.2. The van der Waals surface area contributed by atoms with Crippen LogP contribution in [0.5, 0.6) is 5.75 Å². The summed E-state index contributed by atoms with van der Waals surface area (Å²) in [5, 5.41) is 6.50. The molecule has 2 amide bonds. The molecular formula is C19H27ClN2O3. The van der Waals surface area contributed by atoms with E-state index < -0.39 is 0 Å². The van der Waals surface area contributed by atoms with Crippen molar-refractivity contribution in [2.24, 2.45) is 11.8 Å². The smallest absolute Gasteiger partial charge is 0.227 e. The Hall–Kier alpha value is -1.75. The Bertz CT molecular complexity index is 625. The van der Waals surface area contributed by atoms with Gasteiger partial charge in [-0.1, -0.05) is 18.5 Å². The molecule has 0 heterocycles. The number of halogens is 1. The van der Waals surface area contributed by atoms with Gasteiger partial charge in [0.1, 0.15) is 5.75 Å². The van der Waals surface area contributed by atoms with E-state index in [0.717, 1.165) is 44.2 Å². The lowest BCUT2D eigenvalue weighted by Gasteiger charge is -2.27. The van der Waals surface area contributed by atoms with Crippen LogP contribution in [0.2, 0.25) is 5.02 Å². The Labute approximate surface area is 154 Å². The normalized spacial score (nSPS) is 20.0. The molecule has 138 valence electrons. The second-order valence-electron chi connectivity index (χ2n) is 6.63. The summed E-state index contributed by atoms with van der Waals surface area (Å²) in [5.74, 6) is 0.610. The highest BCUT2D eigenvalue weighted by molar-refractivity contribution is 6.31. The van der Waals surface area contributed by atoms with E-state index in [1.54, 1.807) is 13.2 Å². The number of carbonyl (C=O) groups excluding carboxylic acids is 2. The van der Waals surface area contributed by atoms with Crippen LogP contribution in [-0.2, 0) is 9.59 Å². The highest BCUT2D eigenvalue weighted by atomic mass is 35.5. The number of benzene rings is 1. The second-order valence-corrected chi connectivity index (χ2v) is 7.04. The molecule has 0 aliphatic heterocycles. The van der Waals surface area contributed by atoms with E-state index in [9.17, 15) is 9.59 Å². The highest BCUT2D eigenvalue weighted by Crippen LogP contribution is 2.33. The average molecular weight is 367 g/mol. The zero-order chi connectivity index (χ0) is 18.4.